The van der Waals surface area contributed by atoms with Gasteiger partial charge in [0.05, 0.1) is 0 Å². The minimum absolute atomic E-state index is 0.0136. The summed E-state index contributed by atoms with van der Waals surface area (Å²) >= 11 is 0. The topological polar surface area (TPSA) is 125 Å². The average molecular weight is 299 g/mol. The van der Waals surface area contributed by atoms with Gasteiger partial charge in [0.25, 0.3) is 5.91 Å². The molecule has 0 bridgehead atoms. The maximum atomic E-state index is 11.6. The lowest BCUT2D eigenvalue weighted by atomic mass is 10.1. The van der Waals surface area contributed by atoms with E-state index in [0.717, 1.165) is 0 Å². The van der Waals surface area contributed by atoms with E-state index in [1.165, 1.54) is 13.8 Å². The number of hydrogen-bond acceptors (Lipinski definition) is 4. The van der Waals surface area contributed by atoms with Crippen LogP contribution in [0.3, 0.4) is 0 Å². The highest BCUT2D eigenvalue weighted by molar-refractivity contribution is 6.07. The number of urea groups is 1. The van der Waals surface area contributed by atoms with Gasteiger partial charge in [0, 0.05) is 30.2 Å². The molecule has 0 saturated carbocycles. The quantitative estimate of drug-likeness (QED) is 0.519. The number of carboxylic acids is 1. The Morgan fingerprint density at radius 3 is 2.10 bits per heavy atom. The predicted molar refractivity (Wildman–Crippen MR) is 75.4 cm³/mol. The monoisotopic (exact) mass is 299 g/mol. The minimum atomic E-state index is -1.23. The second kappa shape index (κ2) is 8.72. The molecule has 0 rings (SSSR count). The fourth-order valence-electron chi connectivity index (χ4n) is 1.26. The SMILES string of the molecule is CC(C(=O)O)=C(C)C(=O)NC(=O)NCCC(=O)NC(C)C. The lowest BCUT2D eigenvalue weighted by Crippen LogP contribution is -2.42. The van der Waals surface area contributed by atoms with Crippen molar-refractivity contribution in [1.29, 1.82) is 0 Å². The van der Waals surface area contributed by atoms with Crippen LogP contribution in [0.4, 0.5) is 4.79 Å². The van der Waals surface area contributed by atoms with Crippen molar-refractivity contribution in [3.63, 3.8) is 0 Å². The van der Waals surface area contributed by atoms with Crippen LogP contribution in [-0.2, 0) is 14.4 Å². The summed E-state index contributed by atoms with van der Waals surface area (Å²) in [5.41, 5.74) is -0.202. The Kier molecular flexibility index (Phi) is 7.74. The summed E-state index contributed by atoms with van der Waals surface area (Å²) in [6.45, 7) is 6.28. The Balaban J connectivity index is 4.22. The highest BCUT2D eigenvalue weighted by atomic mass is 16.4. The fourth-order valence-corrected chi connectivity index (χ4v) is 1.26. The lowest BCUT2D eigenvalue weighted by Gasteiger charge is -2.09. The van der Waals surface area contributed by atoms with E-state index < -0.39 is 17.9 Å². The average Bonchev–Trinajstić information content (AvgIpc) is 2.35. The highest BCUT2D eigenvalue weighted by Crippen LogP contribution is 2.03. The van der Waals surface area contributed by atoms with E-state index in [1.54, 1.807) is 0 Å². The molecule has 21 heavy (non-hydrogen) atoms. The first-order valence-corrected chi connectivity index (χ1v) is 6.44. The van der Waals surface area contributed by atoms with Crippen molar-refractivity contribution in [2.24, 2.45) is 0 Å². The van der Waals surface area contributed by atoms with E-state index in [2.05, 4.69) is 10.6 Å². The van der Waals surface area contributed by atoms with Crippen molar-refractivity contribution < 1.29 is 24.3 Å². The summed E-state index contributed by atoms with van der Waals surface area (Å²) < 4.78 is 0. The molecule has 0 aromatic heterocycles. The highest BCUT2D eigenvalue weighted by Gasteiger charge is 2.15. The maximum absolute atomic E-state index is 11.6. The molecule has 0 heterocycles. The van der Waals surface area contributed by atoms with Gasteiger partial charge in [-0.05, 0) is 27.7 Å². The number of amides is 4. The maximum Gasteiger partial charge on any atom is 0.331 e. The molecule has 0 aliphatic heterocycles. The van der Waals surface area contributed by atoms with Crippen molar-refractivity contribution in [1.82, 2.24) is 16.0 Å². The van der Waals surface area contributed by atoms with Crippen LogP contribution < -0.4 is 16.0 Å². The number of hydrogen-bond donors (Lipinski definition) is 4. The second-order valence-corrected chi connectivity index (χ2v) is 4.74. The number of carbonyl (C=O) groups is 4. The van der Waals surface area contributed by atoms with Crippen LogP contribution in [0.15, 0.2) is 11.1 Å². The number of aliphatic carboxylic acids is 1. The summed E-state index contributed by atoms with van der Waals surface area (Å²) in [4.78, 5) is 45.0. The number of carbonyl (C=O) groups excluding carboxylic acids is 3. The number of carboxylic acid groups (broad SMARTS) is 1. The molecular weight excluding hydrogens is 278 g/mol. The summed E-state index contributed by atoms with van der Waals surface area (Å²) in [7, 11) is 0. The molecule has 4 N–H and O–H groups in total. The zero-order chi connectivity index (χ0) is 16.6. The van der Waals surface area contributed by atoms with Gasteiger partial charge in [-0.25, -0.2) is 9.59 Å². The van der Waals surface area contributed by atoms with Gasteiger partial charge in [-0.3, -0.25) is 14.9 Å². The van der Waals surface area contributed by atoms with Gasteiger partial charge in [-0.15, -0.1) is 0 Å². The summed E-state index contributed by atoms with van der Waals surface area (Å²) in [5.74, 6) is -2.23. The molecule has 0 radical (unpaired) electrons. The number of nitrogens with one attached hydrogen (secondary N) is 3. The molecule has 0 aromatic carbocycles. The molecule has 0 aliphatic carbocycles. The third-order valence-corrected chi connectivity index (χ3v) is 2.54. The van der Waals surface area contributed by atoms with Crippen molar-refractivity contribution in [2.75, 3.05) is 6.54 Å². The molecule has 0 atom stereocenters. The van der Waals surface area contributed by atoms with Crippen molar-refractivity contribution in [2.45, 2.75) is 40.2 Å². The Labute approximate surface area is 123 Å². The number of imide groups is 1. The van der Waals surface area contributed by atoms with Crippen LogP contribution in [0.25, 0.3) is 0 Å². The van der Waals surface area contributed by atoms with Crippen LogP contribution >= 0.6 is 0 Å². The molecule has 4 amide bonds. The van der Waals surface area contributed by atoms with E-state index in [1.807, 2.05) is 19.2 Å². The Morgan fingerprint density at radius 1 is 1.05 bits per heavy atom. The van der Waals surface area contributed by atoms with Crippen molar-refractivity contribution in [3.8, 4) is 0 Å². The Bertz CT molecular complexity index is 468. The summed E-state index contributed by atoms with van der Waals surface area (Å²) in [6, 6.07) is -0.769. The van der Waals surface area contributed by atoms with Gasteiger partial charge in [-0.1, -0.05) is 0 Å². The summed E-state index contributed by atoms with van der Waals surface area (Å²) in [6.07, 6.45) is 0.0861. The Hall–Kier alpha value is -2.38. The van der Waals surface area contributed by atoms with E-state index in [0.29, 0.717) is 0 Å². The first-order valence-electron chi connectivity index (χ1n) is 6.44. The Morgan fingerprint density at radius 2 is 1.62 bits per heavy atom. The molecule has 0 fully saturated rings. The molecule has 0 aromatic rings. The molecule has 118 valence electrons. The van der Waals surface area contributed by atoms with Crippen molar-refractivity contribution >= 4 is 23.8 Å². The van der Waals surface area contributed by atoms with Crippen molar-refractivity contribution in [3.05, 3.63) is 11.1 Å². The second-order valence-electron chi connectivity index (χ2n) is 4.74. The first-order chi connectivity index (χ1) is 9.65. The molecule has 8 heteroatoms. The third-order valence-electron chi connectivity index (χ3n) is 2.54. The molecule has 0 spiro atoms. The smallest absolute Gasteiger partial charge is 0.331 e. The van der Waals surface area contributed by atoms with Crippen LogP contribution in [0.2, 0.25) is 0 Å². The lowest BCUT2D eigenvalue weighted by molar-refractivity contribution is -0.133. The van der Waals surface area contributed by atoms with E-state index in [-0.39, 0.29) is 36.1 Å². The molecule has 8 nitrogen and oxygen atoms in total. The molecular formula is C13H21N3O5. The van der Waals surface area contributed by atoms with Gasteiger partial charge in [0.15, 0.2) is 0 Å². The predicted octanol–water partition coefficient (Wildman–Crippen LogP) is 0.148. The van der Waals surface area contributed by atoms with Crippen LogP contribution in [0.1, 0.15) is 34.1 Å². The minimum Gasteiger partial charge on any atom is -0.478 e. The van der Waals surface area contributed by atoms with Crippen LogP contribution in [0.5, 0.6) is 0 Å². The van der Waals surface area contributed by atoms with Gasteiger partial charge in [0.2, 0.25) is 5.91 Å². The zero-order valence-electron chi connectivity index (χ0n) is 12.6. The number of rotatable bonds is 6. The van der Waals surface area contributed by atoms with E-state index >= 15 is 0 Å². The molecule has 0 aliphatic rings. The van der Waals surface area contributed by atoms with Gasteiger partial charge in [-0.2, -0.15) is 0 Å². The molecule has 0 unspecified atom stereocenters. The normalized spacial score (nSPS) is 11.5. The molecule has 0 saturated heterocycles. The van der Waals surface area contributed by atoms with Gasteiger partial charge >= 0.3 is 12.0 Å². The third kappa shape index (κ3) is 7.71. The standard InChI is InChI=1S/C13H21N3O5/c1-7(2)15-10(17)5-6-14-13(21)16-11(18)8(3)9(4)12(19)20/h7H,5-6H2,1-4H3,(H,15,17)(H,19,20)(H2,14,16,18,21). The zero-order valence-corrected chi connectivity index (χ0v) is 12.6. The van der Waals surface area contributed by atoms with Crippen LogP contribution in [0, 0.1) is 0 Å². The summed E-state index contributed by atoms with van der Waals surface area (Å²) in [5, 5.41) is 15.7. The van der Waals surface area contributed by atoms with Gasteiger partial charge < -0.3 is 15.7 Å². The van der Waals surface area contributed by atoms with Crippen LogP contribution in [-0.4, -0.2) is 41.5 Å². The van der Waals surface area contributed by atoms with Gasteiger partial charge in [0.1, 0.15) is 0 Å². The largest absolute Gasteiger partial charge is 0.478 e. The first kappa shape index (κ1) is 18.6. The fraction of sp³-hybridized carbons (Fsp3) is 0.538. The van der Waals surface area contributed by atoms with E-state index in [9.17, 15) is 19.2 Å². The van der Waals surface area contributed by atoms with E-state index in [4.69, 9.17) is 5.11 Å².